The van der Waals surface area contributed by atoms with E-state index in [0.29, 0.717) is 11.3 Å². The number of H-pyrrole nitrogens is 1. The summed E-state index contributed by atoms with van der Waals surface area (Å²) in [6.07, 6.45) is 1.73. The van der Waals surface area contributed by atoms with Crippen molar-refractivity contribution in [3.63, 3.8) is 0 Å². The van der Waals surface area contributed by atoms with Crippen molar-refractivity contribution in [2.24, 2.45) is 0 Å². The molecule has 3 aromatic carbocycles. The maximum Gasteiger partial charge on any atom is 0.174 e. The Balaban J connectivity index is 1.63. The lowest BCUT2D eigenvalue weighted by Gasteiger charge is -2.04. The Labute approximate surface area is 158 Å². The molecule has 2 heterocycles. The Bertz CT molecular complexity index is 1270. The number of rotatable bonds is 3. The van der Waals surface area contributed by atoms with Crippen LogP contribution in [0.5, 0.6) is 0 Å². The Kier molecular flexibility index (Phi) is 3.76. The van der Waals surface area contributed by atoms with Crippen LogP contribution in [0.4, 0.5) is 8.78 Å². The smallest absolute Gasteiger partial charge is 0.174 e. The van der Waals surface area contributed by atoms with Gasteiger partial charge in [-0.2, -0.15) is 5.10 Å². The van der Waals surface area contributed by atoms with E-state index < -0.39 is 0 Å². The van der Waals surface area contributed by atoms with Gasteiger partial charge in [-0.15, -0.1) is 0 Å². The summed E-state index contributed by atoms with van der Waals surface area (Å²) in [7, 11) is 0. The summed E-state index contributed by atoms with van der Waals surface area (Å²) in [5, 5.41) is 12.0. The van der Waals surface area contributed by atoms with Crippen molar-refractivity contribution >= 4 is 10.9 Å². The second-order valence-corrected chi connectivity index (χ2v) is 6.42. The van der Waals surface area contributed by atoms with Crippen molar-refractivity contribution in [1.29, 1.82) is 0 Å². The Morgan fingerprint density at radius 3 is 2.11 bits per heavy atom. The third-order valence-corrected chi connectivity index (χ3v) is 4.67. The van der Waals surface area contributed by atoms with Crippen molar-refractivity contribution in [2.45, 2.75) is 0 Å². The van der Waals surface area contributed by atoms with E-state index >= 15 is 0 Å². The summed E-state index contributed by atoms with van der Waals surface area (Å²) in [6.45, 7) is 0. The zero-order valence-electron chi connectivity index (χ0n) is 14.5. The Morgan fingerprint density at radius 1 is 0.750 bits per heavy atom. The molecule has 0 saturated carbocycles. The van der Waals surface area contributed by atoms with Gasteiger partial charge in [-0.05, 0) is 66.2 Å². The van der Waals surface area contributed by atoms with Gasteiger partial charge in [0.2, 0.25) is 0 Å². The van der Waals surface area contributed by atoms with Crippen molar-refractivity contribution in [3.8, 4) is 33.7 Å². The van der Waals surface area contributed by atoms with Gasteiger partial charge in [-0.1, -0.05) is 11.2 Å². The molecule has 0 fully saturated rings. The van der Waals surface area contributed by atoms with E-state index in [1.165, 1.54) is 24.3 Å². The minimum Gasteiger partial charge on any atom is -0.355 e. The average Bonchev–Trinajstić information content (AvgIpc) is 3.36. The van der Waals surface area contributed by atoms with Gasteiger partial charge in [0, 0.05) is 16.7 Å². The molecule has 0 radical (unpaired) electrons. The van der Waals surface area contributed by atoms with E-state index in [1.54, 1.807) is 30.5 Å². The van der Waals surface area contributed by atoms with Crippen molar-refractivity contribution in [1.82, 2.24) is 15.4 Å². The molecule has 0 atom stereocenters. The molecule has 0 aliphatic carbocycles. The molecule has 2 aromatic heterocycles. The topological polar surface area (TPSA) is 54.7 Å². The summed E-state index contributed by atoms with van der Waals surface area (Å²) < 4.78 is 32.0. The summed E-state index contributed by atoms with van der Waals surface area (Å²) in [5.74, 6) is -0.0288. The molecule has 5 aromatic rings. The lowest BCUT2D eigenvalue weighted by Crippen LogP contribution is -1.84. The third kappa shape index (κ3) is 2.75. The summed E-state index contributed by atoms with van der Waals surface area (Å²) in [6, 6.07) is 18.1. The van der Waals surface area contributed by atoms with E-state index in [0.717, 1.165) is 33.3 Å². The number of halogens is 2. The van der Waals surface area contributed by atoms with Gasteiger partial charge >= 0.3 is 0 Å². The fraction of sp³-hybridized carbons (Fsp3) is 0. The van der Waals surface area contributed by atoms with Crippen molar-refractivity contribution in [3.05, 3.63) is 84.6 Å². The first-order valence-electron chi connectivity index (χ1n) is 8.64. The highest BCUT2D eigenvalue weighted by Gasteiger charge is 2.15. The summed E-state index contributed by atoms with van der Waals surface area (Å²) in [4.78, 5) is 0. The quantitative estimate of drug-likeness (QED) is 0.433. The lowest BCUT2D eigenvalue weighted by atomic mass is 9.99. The second kappa shape index (κ2) is 6.42. The molecule has 0 aliphatic rings. The van der Waals surface area contributed by atoms with Crippen LogP contribution in [0.2, 0.25) is 0 Å². The van der Waals surface area contributed by atoms with Gasteiger partial charge in [0.1, 0.15) is 17.2 Å². The molecule has 0 amide bonds. The molecule has 0 saturated heterocycles. The zero-order valence-corrected chi connectivity index (χ0v) is 14.5. The molecule has 1 N–H and O–H groups in total. The fourth-order valence-corrected chi connectivity index (χ4v) is 3.26. The largest absolute Gasteiger partial charge is 0.355 e. The minimum atomic E-state index is -0.310. The zero-order chi connectivity index (χ0) is 19.1. The molecular weight excluding hydrogens is 360 g/mol. The number of aromatic amines is 1. The monoisotopic (exact) mass is 373 g/mol. The molecule has 5 rings (SSSR count). The van der Waals surface area contributed by atoms with Crippen LogP contribution in [-0.2, 0) is 0 Å². The maximum atomic E-state index is 13.3. The van der Waals surface area contributed by atoms with E-state index in [2.05, 4.69) is 15.4 Å². The molecule has 0 bridgehead atoms. The highest BCUT2D eigenvalue weighted by molar-refractivity contribution is 5.95. The van der Waals surface area contributed by atoms with Crippen LogP contribution in [0.3, 0.4) is 0 Å². The van der Waals surface area contributed by atoms with Gasteiger partial charge in [-0.25, -0.2) is 8.78 Å². The number of benzene rings is 3. The number of fused-ring (bicyclic) bond motifs is 1. The number of hydrogen-bond acceptors (Lipinski definition) is 3. The van der Waals surface area contributed by atoms with Crippen LogP contribution in [-0.4, -0.2) is 15.4 Å². The number of nitrogens with zero attached hydrogens (tertiary/aromatic N) is 2. The van der Waals surface area contributed by atoms with Gasteiger partial charge < -0.3 is 4.52 Å². The number of aromatic nitrogens is 3. The van der Waals surface area contributed by atoms with Crippen molar-refractivity contribution < 1.29 is 13.3 Å². The first-order chi connectivity index (χ1) is 13.7. The molecule has 28 heavy (non-hydrogen) atoms. The van der Waals surface area contributed by atoms with Crippen LogP contribution >= 0.6 is 0 Å². The standard InChI is InChI=1S/C22H13F2N3O/c23-16-6-1-13(2-7-16)21-19(12-25-26-21)15-5-10-20-18(11-15)22(28-27-20)14-3-8-17(24)9-4-14/h1-12H,(H,25,26). The summed E-state index contributed by atoms with van der Waals surface area (Å²) in [5.41, 5.74) is 4.85. The van der Waals surface area contributed by atoms with Crippen LogP contribution in [0.15, 0.2) is 77.4 Å². The van der Waals surface area contributed by atoms with E-state index in [4.69, 9.17) is 4.52 Å². The molecule has 6 heteroatoms. The molecule has 0 aliphatic heterocycles. The van der Waals surface area contributed by atoms with Gasteiger partial charge in [-0.3, -0.25) is 5.10 Å². The van der Waals surface area contributed by atoms with Crippen LogP contribution in [0, 0.1) is 11.6 Å². The van der Waals surface area contributed by atoms with Gasteiger partial charge in [0.05, 0.1) is 17.3 Å². The maximum absolute atomic E-state index is 13.3. The molecule has 4 nitrogen and oxygen atoms in total. The second-order valence-electron chi connectivity index (χ2n) is 6.42. The van der Waals surface area contributed by atoms with Crippen LogP contribution in [0.1, 0.15) is 0 Å². The molecule has 136 valence electrons. The normalized spacial score (nSPS) is 11.2. The first-order valence-corrected chi connectivity index (χ1v) is 8.64. The van der Waals surface area contributed by atoms with E-state index in [-0.39, 0.29) is 11.6 Å². The molecule has 0 spiro atoms. The average molecular weight is 373 g/mol. The Morgan fingerprint density at radius 2 is 1.39 bits per heavy atom. The van der Waals surface area contributed by atoms with Gasteiger partial charge in [0.25, 0.3) is 0 Å². The lowest BCUT2D eigenvalue weighted by molar-refractivity contribution is 0.441. The summed E-state index contributed by atoms with van der Waals surface area (Å²) >= 11 is 0. The van der Waals surface area contributed by atoms with E-state index in [1.807, 2.05) is 18.2 Å². The predicted molar refractivity (Wildman–Crippen MR) is 102 cm³/mol. The highest BCUT2D eigenvalue weighted by atomic mass is 19.1. The Hall–Kier alpha value is -3.80. The first kappa shape index (κ1) is 16.4. The molecule has 0 unspecified atom stereocenters. The van der Waals surface area contributed by atoms with Crippen molar-refractivity contribution in [2.75, 3.05) is 0 Å². The van der Waals surface area contributed by atoms with Crippen LogP contribution in [0.25, 0.3) is 44.6 Å². The third-order valence-electron chi connectivity index (χ3n) is 4.67. The molecular formula is C22H13F2N3O. The SMILES string of the molecule is Fc1ccc(-c2[nH]ncc2-c2ccc3noc(-c4ccc(F)cc4)c3c2)cc1. The fourth-order valence-electron chi connectivity index (χ4n) is 3.26. The van der Waals surface area contributed by atoms with E-state index in [9.17, 15) is 8.78 Å². The number of nitrogens with one attached hydrogen (secondary N) is 1. The van der Waals surface area contributed by atoms with Gasteiger partial charge in [0.15, 0.2) is 5.76 Å². The minimum absolute atomic E-state index is 0.292. The highest BCUT2D eigenvalue weighted by Crippen LogP contribution is 2.35. The number of hydrogen-bond donors (Lipinski definition) is 1. The predicted octanol–water partition coefficient (Wildman–Crippen LogP) is 5.83. The van der Waals surface area contributed by atoms with Crippen LogP contribution < -0.4 is 0 Å².